The zero-order chi connectivity index (χ0) is 12.0. The molecule has 0 heterocycles. The molecule has 0 radical (unpaired) electrons. The maximum Gasteiger partial charge on any atom is 0.321 e. The van der Waals surface area contributed by atoms with Gasteiger partial charge >= 0.3 is 11.9 Å². The molecule has 0 aromatic rings. The minimum atomic E-state index is -1.17. The first-order chi connectivity index (χ1) is 6.91. The average molecular weight is 212 g/mol. The van der Waals surface area contributed by atoms with E-state index in [-0.39, 0.29) is 18.4 Å². The maximum absolute atomic E-state index is 11.4. The number of esters is 1. The van der Waals surface area contributed by atoms with E-state index < -0.39 is 17.9 Å². The summed E-state index contributed by atoms with van der Waals surface area (Å²) in [6, 6.07) is 0. The molecule has 0 saturated heterocycles. The molecule has 0 aliphatic heterocycles. The van der Waals surface area contributed by atoms with Crippen molar-refractivity contribution in [3.8, 4) is 12.3 Å². The van der Waals surface area contributed by atoms with Crippen LogP contribution in [-0.4, -0.2) is 23.7 Å². The number of rotatable bonds is 5. The summed E-state index contributed by atoms with van der Waals surface area (Å²) in [5.74, 6) is -1.14. The minimum absolute atomic E-state index is 0.0875. The number of carboxylic acid groups (broad SMARTS) is 1. The van der Waals surface area contributed by atoms with Gasteiger partial charge in [-0.15, -0.1) is 6.42 Å². The van der Waals surface area contributed by atoms with Crippen molar-refractivity contribution >= 4 is 11.9 Å². The van der Waals surface area contributed by atoms with Crippen molar-refractivity contribution in [2.24, 2.45) is 17.8 Å². The summed E-state index contributed by atoms with van der Waals surface area (Å²) in [7, 11) is 0. The predicted octanol–water partition coefficient (Wildman–Crippen LogP) is 1.16. The van der Waals surface area contributed by atoms with Crippen molar-refractivity contribution in [1.29, 1.82) is 0 Å². The Morgan fingerprint density at radius 2 is 1.93 bits per heavy atom. The van der Waals surface area contributed by atoms with Crippen LogP contribution in [0.4, 0.5) is 0 Å². The van der Waals surface area contributed by atoms with Gasteiger partial charge in [0.1, 0.15) is 0 Å². The van der Waals surface area contributed by atoms with Gasteiger partial charge < -0.3 is 9.84 Å². The molecule has 0 spiro atoms. The largest absolute Gasteiger partial charge is 0.481 e. The quantitative estimate of drug-likeness (QED) is 0.422. The number of terminal acetylenes is 1. The SMILES string of the molecule is C#CCOC(=O)C(C(=O)O)C(C)C(C)C. The molecule has 0 rings (SSSR count). The highest BCUT2D eigenvalue weighted by atomic mass is 16.5. The van der Waals surface area contributed by atoms with E-state index in [0.29, 0.717) is 0 Å². The van der Waals surface area contributed by atoms with Crippen LogP contribution >= 0.6 is 0 Å². The molecule has 15 heavy (non-hydrogen) atoms. The monoisotopic (exact) mass is 212 g/mol. The highest BCUT2D eigenvalue weighted by molar-refractivity contribution is 5.94. The van der Waals surface area contributed by atoms with Crippen LogP contribution in [0.15, 0.2) is 0 Å². The molecular weight excluding hydrogens is 196 g/mol. The molecule has 0 aromatic carbocycles. The zero-order valence-electron chi connectivity index (χ0n) is 9.19. The summed E-state index contributed by atoms with van der Waals surface area (Å²) in [4.78, 5) is 22.3. The van der Waals surface area contributed by atoms with Crippen LogP contribution in [0.5, 0.6) is 0 Å². The van der Waals surface area contributed by atoms with Crippen molar-refractivity contribution in [2.75, 3.05) is 6.61 Å². The van der Waals surface area contributed by atoms with Gasteiger partial charge in [0, 0.05) is 0 Å². The lowest BCUT2D eigenvalue weighted by molar-refractivity contribution is -0.161. The van der Waals surface area contributed by atoms with Crippen molar-refractivity contribution in [3.05, 3.63) is 0 Å². The topological polar surface area (TPSA) is 63.6 Å². The summed E-state index contributed by atoms with van der Waals surface area (Å²) < 4.78 is 4.63. The van der Waals surface area contributed by atoms with Crippen LogP contribution < -0.4 is 0 Å². The summed E-state index contributed by atoms with van der Waals surface area (Å²) in [6.45, 7) is 5.23. The third-order valence-corrected chi connectivity index (χ3v) is 2.40. The number of carbonyl (C=O) groups excluding carboxylic acids is 1. The van der Waals surface area contributed by atoms with Gasteiger partial charge in [-0.05, 0) is 11.8 Å². The van der Waals surface area contributed by atoms with Crippen molar-refractivity contribution in [3.63, 3.8) is 0 Å². The molecule has 84 valence electrons. The lowest BCUT2D eigenvalue weighted by Crippen LogP contribution is -2.34. The summed E-state index contributed by atoms with van der Waals surface area (Å²) in [5, 5.41) is 8.91. The molecule has 0 amide bonds. The first-order valence-corrected chi connectivity index (χ1v) is 4.74. The van der Waals surface area contributed by atoms with Gasteiger partial charge in [-0.25, -0.2) is 0 Å². The van der Waals surface area contributed by atoms with Gasteiger partial charge in [0.2, 0.25) is 0 Å². The van der Waals surface area contributed by atoms with Crippen molar-refractivity contribution in [1.82, 2.24) is 0 Å². The van der Waals surface area contributed by atoms with Crippen LogP contribution in [-0.2, 0) is 14.3 Å². The van der Waals surface area contributed by atoms with Crippen molar-refractivity contribution in [2.45, 2.75) is 20.8 Å². The van der Waals surface area contributed by atoms with Gasteiger partial charge in [-0.3, -0.25) is 9.59 Å². The Balaban J connectivity index is 4.60. The number of carboxylic acids is 1. The standard InChI is InChI=1S/C11H16O4/c1-5-6-15-11(14)9(10(12)13)8(4)7(2)3/h1,7-9H,6H2,2-4H3,(H,12,13). The number of hydrogen-bond acceptors (Lipinski definition) is 3. The van der Waals surface area contributed by atoms with Crippen LogP contribution in [0.25, 0.3) is 0 Å². The molecule has 0 aliphatic rings. The molecule has 0 fully saturated rings. The third kappa shape index (κ3) is 4.03. The molecule has 1 N–H and O–H groups in total. The van der Waals surface area contributed by atoms with E-state index in [0.717, 1.165) is 0 Å². The first-order valence-electron chi connectivity index (χ1n) is 4.74. The second-order valence-corrected chi connectivity index (χ2v) is 3.73. The van der Waals surface area contributed by atoms with E-state index in [4.69, 9.17) is 11.5 Å². The number of carbonyl (C=O) groups is 2. The number of hydrogen-bond donors (Lipinski definition) is 1. The van der Waals surface area contributed by atoms with Crippen LogP contribution in [0.3, 0.4) is 0 Å². The van der Waals surface area contributed by atoms with Crippen LogP contribution in [0, 0.1) is 30.1 Å². The molecule has 4 nitrogen and oxygen atoms in total. The molecule has 2 unspecified atom stereocenters. The fourth-order valence-corrected chi connectivity index (χ4v) is 1.13. The summed E-state index contributed by atoms with van der Waals surface area (Å²) in [6.07, 6.45) is 4.91. The Morgan fingerprint density at radius 3 is 2.27 bits per heavy atom. The highest BCUT2D eigenvalue weighted by Crippen LogP contribution is 2.22. The van der Waals surface area contributed by atoms with E-state index in [2.05, 4.69) is 10.7 Å². The fraction of sp³-hybridized carbons (Fsp3) is 0.636. The number of ether oxygens (including phenoxy) is 1. The van der Waals surface area contributed by atoms with Gasteiger partial charge in [0.05, 0.1) is 0 Å². The van der Waals surface area contributed by atoms with E-state index >= 15 is 0 Å². The Bertz CT molecular complexity index is 275. The van der Waals surface area contributed by atoms with E-state index in [1.165, 1.54) is 0 Å². The lowest BCUT2D eigenvalue weighted by Gasteiger charge is -2.21. The van der Waals surface area contributed by atoms with Crippen molar-refractivity contribution < 1.29 is 19.4 Å². The number of aliphatic carboxylic acids is 1. The molecule has 4 heteroatoms. The second-order valence-electron chi connectivity index (χ2n) is 3.73. The molecule has 0 aliphatic carbocycles. The fourth-order valence-electron chi connectivity index (χ4n) is 1.13. The molecule has 0 saturated carbocycles. The Labute approximate surface area is 89.6 Å². The normalized spacial score (nSPS) is 14.1. The van der Waals surface area contributed by atoms with E-state index in [1.807, 2.05) is 13.8 Å². The van der Waals surface area contributed by atoms with Gasteiger partial charge in [-0.2, -0.15) is 0 Å². The van der Waals surface area contributed by atoms with E-state index in [9.17, 15) is 9.59 Å². The molecular formula is C11H16O4. The lowest BCUT2D eigenvalue weighted by atomic mass is 9.85. The summed E-state index contributed by atoms with van der Waals surface area (Å²) in [5.41, 5.74) is 0. The minimum Gasteiger partial charge on any atom is -0.481 e. The molecule has 2 atom stereocenters. The zero-order valence-corrected chi connectivity index (χ0v) is 9.19. The average Bonchev–Trinajstić information content (AvgIpc) is 2.14. The van der Waals surface area contributed by atoms with E-state index in [1.54, 1.807) is 6.92 Å². The first kappa shape index (κ1) is 13.5. The highest BCUT2D eigenvalue weighted by Gasteiger charge is 2.34. The Kier molecular flexibility index (Phi) is 5.46. The summed E-state index contributed by atoms with van der Waals surface area (Å²) >= 11 is 0. The molecule has 0 aromatic heterocycles. The predicted molar refractivity (Wildman–Crippen MR) is 54.9 cm³/mol. The second kappa shape index (κ2) is 6.07. The third-order valence-electron chi connectivity index (χ3n) is 2.40. The Hall–Kier alpha value is -1.50. The maximum atomic E-state index is 11.4. The van der Waals surface area contributed by atoms with Gasteiger partial charge in [0.25, 0.3) is 0 Å². The van der Waals surface area contributed by atoms with Crippen LogP contribution in [0.1, 0.15) is 20.8 Å². The molecule has 0 bridgehead atoms. The Morgan fingerprint density at radius 1 is 1.40 bits per heavy atom. The smallest absolute Gasteiger partial charge is 0.321 e. The van der Waals surface area contributed by atoms with Gasteiger partial charge in [-0.1, -0.05) is 26.7 Å². The van der Waals surface area contributed by atoms with Crippen LogP contribution in [0.2, 0.25) is 0 Å². The van der Waals surface area contributed by atoms with Gasteiger partial charge in [0.15, 0.2) is 12.5 Å².